The molecule has 2 aromatic rings. The van der Waals surface area contributed by atoms with Crippen LogP contribution in [0.15, 0.2) is 54.6 Å². The van der Waals surface area contributed by atoms with Crippen molar-refractivity contribution in [2.24, 2.45) is 0 Å². The van der Waals surface area contributed by atoms with Gasteiger partial charge in [0.1, 0.15) is 0 Å². The summed E-state index contributed by atoms with van der Waals surface area (Å²) in [6, 6.07) is 13.5. The molecule has 0 bridgehead atoms. The third-order valence-electron chi connectivity index (χ3n) is 3.58. The lowest BCUT2D eigenvalue weighted by Crippen LogP contribution is -2.30. The van der Waals surface area contributed by atoms with Gasteiger partial charge >= 0.3 is 12.1 Å². The Morgan fingerprint density at radius 1 is 1.04 bits per heavy atom. The van der Waals surface area contributed by atoms with Crippen molar-refractivity contribution in [3.05, 3.63) is 71.3 Å². The first-order valence-electron chi connectivity index (χ1n) is 7.75. The van der Waals surface area contributed by atoms with Crippen LogP contribution in [0.1, 0.15) is 16.7 Å². The highest BCUT2D eigenvalue weighted by Gasteiger charge is 2.38. The molecule has 0 unspecified atom stereocenters. The van der Waals surface area contributed by atoms with Gasteiger partial charge in [0, 0.05) is 18.3 Å². The SMILES string of the molecule is Cc1ccccc1/C=C/C(=O)NCc1ccccc1NC(=O)C(F)(F)F. The van der Waals surface area contributed by atoms with E-state index in [1.807, 2.05) is 31.2 Å². The smallest absolute Gasteiger partial charge is 0.348 e. The van der Waals surface area contributed by atoms with Crippen LogP contribution >= 0.6 is 0 Å². The minimum absolute atomic E-state index is 0.00184. The Kier molecular flexibility index (Phi) is 6.16. The van der Waals surface area contributed by atoms with E-state index in [1.165, 1.54) is 24.3 Å². The maximum atomic E-state index is 12.4. The quantitative estimate of drug-likeness (QED) is 0.795. The normalized spacial score (nSPS) is 11.4. The van der Waals surface area contributed by atoms with Crippen LogP contribution in [0, 0.1) is 6.92 Å². The van der Waals surface area contributed by atoms with Crippen molar-refractivity contribution in [3.63, 3.8) is 0 Å². The largest absolute Gasteiger partial charge is 0.471 e. The summed E-state index contributed by atoms with van der Waals surface area (Å²) < 4.78 is 37.2. The van der Waals surface area contributed by atoms with Crippen LogP contribution in [-0.4, -0.2) is 18.0 Å². The van der Waals surface area contributed by atoms with Gasteiger partial charge in [-0.25, -0.2) is 0 Å². The number of benzene rings is 2. The van der Waals surface area contributed by atoms with E-state index in [2.05, 4.69) is 5.32 Å². The number of carbonyl (C=O) groups is 2. The standard InChI is InChI=1S/C19H17F3N2O2/c1-13-6-2-3-7-14(13)10-11-17(25)23-12-15-8-4-5-9-16(15)24-18(26)19(20,21)22/h2-11H,12H2,1H3,(H,23,25)(H,24,26)/b11-10+. The van der Waals surface area contributed by atoms with Crippen LogP contribution in [0.5, 0.6) is 0 Å². The zero-order valence-electron chi connectivity index (χ0n) is 13.9. The molecule has 0 saturated heterocycles. The molecule has 2 amide bonds. The van der Waals surface area contributed by atoms with Crippen molar-refractivity contribution in [3.8, 4) is 0 Å². The zero-order valence-corrected chi connectivity index (χ0v) is 13.9. The molecule has 0 saturated carbocycles. The summed E-state index contributed by atoms with van der Waals surface area (Å²) in [6.07, 6.45) is -1.98. The summed E-state index contributed by atoms with van der Waals surface area (Å²) in [6.45, 7) is 1.89. The Balaban J connectivity index is 2.00. The van der Waals surface area contributed by atoms with Crippen LogP contribution in [0.3, 0.4) is 0 Å². The Labute approximate surface area is 148 Å². The van der Waals surface area contributed by atoms with E-state index in [1.54, 1.807) is 17.5 Å². The van der Waals surface area contributed by atoms with E-state index in [-0.39, 0.29) is 12.2 Å². The van der Waals surface area contributed by atoms with Gasteiger partial charge in [-0.1, -0.05) is 42.5 Å². The summed E-state index contributed by atoms with van der Waals surface area (Å²) >= 11 is 0. The van der Waals surface area contributed by atoms with Gasteiger partial charge in [-0.2, -0.15) is 13.2 Å². The van der Waals surface area contributed by atoms with E-state index in [9.17, 15) is 22.8 Å². The van der Waals surface area contributed by atoms with Crippen LogP contribution in [-0.2, 0) is 16.1 Å². The number of amides is 2. The fraction of sp³-hybridized carbons (Fsp3) is 0.158. The van der Waals surface area contributed by atoms with E-state index in [4.69, 9.17) is 0 Å². The van der Waals surface area contributed by atoms with E-state index >= 15 is 0 Å². The number of hydrogen-bond acceptors (Lipinski definition) is 2. The molecule has 0 fully saturated rings. The molecule has 0 aliphatic carbocycles. The highest BCUT2D eigenvalue weighted by molar-refractivity contribution is 5.96. The van der Waals surface area contributed by atoms with Gasteiger partial charge in [0.05, 0.1) is 0 Å². The maximum absolute atomic E-state index is 12.4. The predicted octanol–water partition coefficient (Wildman–Crippen LogP) is 3.83. The molecule has 4 nitrogen and oxygen atoms in total. The Morgan fingerprint density at radius 3 is 2.38 bits per heavy atom. The number of aryl methyl sites for hydroxylation is 1. The van der Waals surface area contributed by atoms with Crippen molar-refractivity contribution < 1.29 is 22.8 Å². The number of nitrogens with one attached hydrogen (secondary N) is 2. The fourth-order valence-electron chi connectivity index (χ4n) is 2.17. The van der Waals surface area contributed by atoms with Crippen LogP contribution in [0.25, 0.3) is 6.08 Å². The first-order valence-corrected chi connectivity index (χ1v) is 7.75. The minimum atomic E-state index is -4.98. The second-order valence-electron chi connectivity index (χ2n) is 5.52. The lowest BCUT2D eigenvalue weighted by molar-refractivity contribution is -0.167. The van der Waals surface area contributed by atoms with Crippen molar-refractivity contribution in [1.82, 2.24) is 5.32 Å². The third-order valence-corrected chi connectivity index (χ3v) is 3.58. The maximum Gasteiger partial charge on any atom is 0.471 e. The topological polar surface area (TPSA) is 58.2 Å². The lowest BCUT2D eigenvalue weighted by atomic mass is 10.1. The summed E-state index contributed by atoms with van der Waals surface area (Å²) in [4.78, 5) is 23.0. The van der Waals surface area contributed by atoms with E-state index in [0.29, 0.717) is 5.56 Å². The van der Waals surface area contributed by atoms with Gasteiger partial charge in [0.15, 0.2) is 0 Å². The predicted molar refractivity (Wildman–Crippen MR) is 93.2 cm³/mol. The van der Waals surface area contributed by atoms with E-state index in [0.717, 1.165) is 11.1 Å². The van der Waals surface area contributed by atoms with Gasteiger partial charge in [-0.3, -0.25) is 9.59 Å². The summed E-state index contributed by atoms with van der Waals surface area (Å²) in [5.41, 5.74) is 2.26. The monoisotopic (exact) mass is 362 g/mol. The van der Waals surface area contributed by atoms with Gasteiger partial charge in [0.2, 0.25) is 5.91 Å². The number of rotatable bonds is 5. The zero-order chi connectivity index (χ0) is 19.2. The molecular weight excluding hydrogens is 345 g/mol. The van der Waals surface area contributed by atoms with Gasteiger partial charge < -0.3 is 10.6 Å². The van der Waals surface area contributed by atoms with Gasteiger partial charge in [-0.15, -0.1) is 0 Å². The highest BCUT2D eigenvalue weighted by atomic mass is 19.4. The number of alkyl halides is 3. The first-order chi connectivity index (χ1) is 12.3. The summed E-state index contributed by atoms with van der Waals surface area (Å²) in [5, 5.41) is 4.39. The van der Waals surface area contributed by atoms with Crippen LogP contribution in [0.4, 0.5) is 18.9 Å². The Bertz CT molecular complexity index is 830. The molecule has 2 aromatic carbocycles. The van der Waals surface area contributed by atoms with Gasteiger partial charge in [-0.05, 0) is 35.8 Å². The highest BCUT2D eigenvalue weighted by Crippen LogP contribution is 2.21. The molecule has 2 rings (SSSR count). The molecule has 26 heavy (non-hydrogen) atoms. The van der Waals surface area contributed by atoms with E-state index < -0.39 is 18.0 Å². The Morgan fingerprint density at radius 2 is 1.69 bits per heavy atom. The summed E-state index contributed by atoms with van der Waals surface area (Å²) in [7, 11) is 0. The second-order valence-corrected chi connectivity index (χ2v) is 5.52. The first kappa shape index (κ1) is 19.2. The van der Waals surface area contributed by atoms with Crippen molar-refractivity contribution >= 4 is 23.6 Å². The van der Waals surface area contributed by atoms with Gasteiger partial charge in [0.25, 0.3) is 0 Å². The average Bonchev–Trinajstić information content (AvgIpc) is 2.59. The molecule has 136 valence electrons. The lowest BCUT2D eigenvalue weighted by Gasteiger charge is -2.12. The molecular formula is C19H17F3N2O2. The number of carbonyl (C=O) groups excluding carboxylic acids is 2. The molecule has 0 atom stereocenters. The summed E-state index contributed by atoms with van der Waals surface area (Å²) in [5.74, 6) is -2.46. The molecule has 0 aliphatic heterocycles. The number of para-hydroxylation sites is 1. The molecule has 2 N–H and O–H groups in total. The van der Waals surface area contributed by atoms with Crippen LogP contribution in [0.2, 0.25) is 0 Å². The fourth-order valence-corrected chi connectivity index (χ4v) is 2.17. The third kappa shape index (κ3) is 5.47. The minimum Gasteiger partial charge on any atom is -0.348 e. The van der Waals surface area contributed by atoms with Crippen LogP contribution < -0.4 is 10.6 Å². The molecule has 7 heteroatoms. The molecule has 0 aromatic heterocycles. The van der Waals surface area contributed by atoms with Crippen molar-refractivity contribution in [1.29, 1.82) is 0 Å². The average molecular weight is 362 g/mol. The molecule has 0 aliphatic rings. The van der Waals surface area contributed by atoms with Crippen molar-refractivity contribution in [2.45, 2.75) is 19.6 Å². The number of anilines is 1. The molecule has 0 radical (unpaired) electrons. The molecule has 0 spiro atoms. The Hall–Kier alpha value is -3.09. The van der Waals surface area contributed by atoms with Crippen molar-refractivity contribution in [2.75, 3.05) is 5.32 Å². The molecule has 0 heterocycles. The second kappa shape index (κ2) is 8.33. The number of hydrogen-bond donors (Lipinski definition) is 2. The number of halogens is 3.